The highest BCUT2D eigenvalue weighted by Crippen LogP contribution is 2.12. The zero-order valence-electron chi connectivity index (χ0n) is 12.1. The fraction of sp³-hybridized carbons (Fsp3) is 0.533. The van der Waals surface area contributed by atoms with Crippen LogP contribution in [-0.2, 0) is 0 Å². The van der Waals surface area contributed by atoms with E-state index in [9.17, 15) is 4.79 Å². The number of benzene rings is 1. The van der Waals surface area contributed by atoms with E-state index in [1.165, 1.54) is 5.56 Å². The highest BCUT2D eigenvalue weighted by atomic mass is 16.1. The van der Waals surface area contributed by atoms with E-state index in [1.54, 1.807) is 0 Å². The molecule has 3 nitrogen and oxygen atoms in total. The summed E-state index contributed by atoms with van der Waals surface area (Å²) in [6, 6.07) is 5.84. The Balaban J connectivity index is 2.63. The van der Waals surface area contributed by atoms with Crippen LogP contribution in [0.2, 0.25) is 0 Å². The second-order valence-electron chi connectivity index (χ2n) is 5.16. The third-order valence-corrected chi connectivity index (χ3v) is 3.05. The lowest BCUT2D eigenvalue weighted by Gasteiger charge is -2.16. The topological polar surface area (TPSA) is 32.3 Å². The number of hydrogen-bond donors (Lipinski definition) is 1. The molecule has 0 fully saturated rings. The molecule has 0 aliphatic rings. The maximum atomic E-state index is 12.3. The fourth-order valence-corrected chi connectivity index (χ4v) is 1.92. The van der Waals surface area contributed by atoms with Crippen molar-refractivity contribution in [2.24, 2.45) is 0 Å². The molecule has 0 saturated heterocycles. The highest BCUT2D eigenvalue weighted by molar-refractivity contribution is 6.01. The van der Waals surface area contributed by atoms with E-state index in [0.29, 0.717) is 0 Å². The van der Waals surface area contributed by atoms with E-state index in [4.69, 9.17) is 0 Å². The third-order valence-electron chi connectivity index (χ3n) is 3.05. The number of Topliss-reactive ketones (excluding diaryl/α,β-unsaturated/α-hetero) is 1. The van der Waals surface area contributed by atoms with Gasteiger partial charge in [0.25, 0.3) is 0 Å². The number of likely N-dealkylation sites (N-methyl/N-ethyl adjacent to an activating group) is 1. The van der Waals surface area contributed by atoms with E-state index in [2.05, 4.69) is 16.3 Å². The molecule has 1 aromatic rings. The van der Waals surface area contributed by atoms with Crippen molar-refractivity contribution in [3.63, 3.8) is 0 Å². The number of aryl methyl sites for hydroxylation is 2. The Hall–Kier alpha value is -1.19. The van der Waals surface area contributed by atoms with Crippen LogP contribution in [0.4, 0.5) is 0 Å². The summed E-state index contributed by atoms with van der Waals surface area (Å²) < 4.78 is 0. The zero-order chi connectivity index (χ0) is 13.7. The summed E-state index contributed by atoms with van der Waals surface area (Å²) in [7, 11) is 4.05. The molecule has 0 amide bonds. The molecule has 1 N–H and O–H groups in total. The quantitative estimate of drug-likeness (QED) is 0.782. The SMILES string of the molecule is Cc1ccc(C(=O)C(C)NCCN(C)C)c(C)c1. The average Bonchev–Trinajstić information content (AvgIpc) is 2.27. The number of ketones is 1. The highest BCUT2D eigenvalue weighted by Gasteiger charge is 2.16. The van der Waals surface area contributed by atoms with Crippen molar-refractivity contribution < 1.29 is 4.79 Å². The molecule has 0 aliphatic heterocycles. The second-order valence-corrected chi connectivity index (χ2v) is 5.16. The number of carbonyl (C=O) groups excluding carboxylic acids is 1. The third kappa shape index (κ3) is 4.24. The van der Waals surface area contributed by atoms with Gasteiger partial charge in [-0.1, -0.05) is 23.8 Å². The molecular formula is C15H24N2O. The second kappa shape index (κ2) is 6.66. The van der Waals surface area contributed by atoms with Crippen molar-refractivity contribution in [1.82, 2.24) is 10.2 Å². The minimum Gasteiger partial charge on any atom is -0.308 e. The van der Waals surface area contributed by atoms with Crippen LogP contribution in [0.3, 0.4) is 0 Å². The van der Waals surface area contributed by atoms with Gasteiger partial charge in [0.1, 0.15) is 0 Å². The lowest BCUT2D eigenvalue weighted by atomic mass is 9.98. The van der Waals surface area contributed by atoms with Crippen LogP contribution in [0.1, 0.15) is 28.4 Å². The molecule has 0 spiro atoms. The normalized spacial score (nSPS) is 12.8. The summed E-state index contributed by atoms with van der Waals surface area (Å²) in [4.78, 5) is 14.4. The monoisotopic (exact) mass is 248 g/mol. The van der Waals surface area contributed by atoms with E-state index in [-0.39, 0.29) is 11.8 Å². The molecule has 0 aliphatic carbocycles. The molecule has 0 radical (unpaired) electrons. The lowest BCUT2D eigenvalue weighted by molar-refractivity contribution is 0.0949. The minimum absolute atomic E-state index is 0.133. The number of nitrogens with one attached hydrogen (secondary N) is 1. The van der Waals surface area contributed by atoms with Crippen LogP contribution in [0.25, 0.3) is 0 Å². The maximum Gasteiger partial charge on any atom is 0.179 e. The number of rotatable bonds is 6. The standard InChI is InChI=1S/C15H24N2O/c1-11-6-7-14(12(2)10-11)15(18)13(3)16-8-9-17(4)5/h6-7,10,13,16H,8-9H2,1-5H3. The molecule has 0 heterocycles. The van der Waals surface area contributed by atoms with Crippen molar-refractivity contribution in [3.8, 4) is 0 Å². The number of hydrogen-bond acceptors (Lipinski definition) is 3. The van der Waals surface area contributed by atoms with E-state index in [0.717, 1.165) is 24.2 Å². The van der Waals surface area contributed by atoms with Gasteiger partial charge in [-0.25, -0.2) is 0 Å². The molecular weight excluding hydrogens is 224 g/mol. The largest absolute Gasteiger partial charge is 0.308 e. The minimum atomic E-state index is -0.133. The van der Waals surface area contributed by atoms with Gasteiger partial charge >= 0.3 is 0 Å². The van der Waals surface area contributed by atoms with Crippen LogP contribution in [0.15, 0.2) is 18.2 Å². The lowest BCUT2D eigenvalue weighted by Crippen LogP contribution is -2.38. The average molecular weight is 248 g/mol. The van der Waals surface area contributed by atoms with Crippen molar-refractivity contribution in [2.45, 2.75) is 26.8 Å². The van der Waals surface area contributed by atoms with Gasteiger partial charge in [0.05, 0.1) is 6.04 Å². The van der Waals surface area contributed by atoms with Gasteiger partial charge in [0.15, 0.2) is 5.78 Å². The van der Waals surface area contributed by atoms with Gasteiger partial charge in [-0.3, -0.25) is 4.79 Å². The molecule has 1 atom stereocenters. The summed E-state index contributed by atoms with van der Waals surface area (Å²) in [5.41, 5.74) is 3.07. The Morgan fingerprint density at radius 2 is 2.00 bits per heavy atom. The van der Waals surface area contributed by atoms with Gasteiger partial charge in [-0.15, -0.1) is 0 Å². The Morgan fingerprint density at radius 3 is 2.56 bits per heavy atom. The predicted molar refractivity (Wildman–Crippen MR) is 76.3 cm³/mol. The van der Waals surface area contributed by atoms with Crippen molar-refractivity contribution in [2.75, 3.05) is 27.2 Å². The van der Waals surface area contributed by atoms with E-state index >= 15 is 0 Å². The summed E-state index contributed by atoms with van der Waals surface area (Å²) in [6.45, 7) is 7.72. The van der Waals surface area contributed by atoms with Crippen molar-refractivity contribution in [3.05, 3.63) is 34.9 Å². The molecule has 0 saturated carbocycles. The molecule has 1 rings (SSSR count). The Kier molecular flexibility index (Phi) is 5.51. The van der Waals surface area contributed by atoms with Gasteiger partial charge < -0.3 is 10.2 Å². The first-order valence-corrected chi connectivity index (χ1v) is 6.41. The van der Waals surface area contributed by atoms with Crippen LogP contribution in [0.5, 0.6) is 0 Å². The zero-order valence-corrected chi connectivity index (χ0v) is 12.1. The van der Waals surface area contributed by atoms with Gasteiger partial charge in [0, 0.05) is 18.7 Å². The summed E-state index contributed by atoms with van der Waals surface area (Å²) in [5.74, 6) is 0.172. The molecule has 18 heavy (non-hydrogen) atoms. The summed E-state index contributed by atoms with van der Waals surface area (Å²) >= 11 is 0. The molecule has 1 aromatic carbocycles. The van der Waals surface area contributed by atoms with Crippen LogP contribution < -0.4 is 5.32 Å². The molecule has 0 bridgehead atoms. The fourth-order valence-electron chi connectivity index (χ4n) is 1.92. The molecule has 0 aromatic heterocycles. The first-order valence-electron chi connectivity index (χ1n) is 6.41. The Bertz CT molecular complexity index is 413. The molecule has 3 heteroatoms. The van der Waals surface area contributed by atoms with Crippen molar-refractivity contribution in [1.29, 1.82) is 0 Å². The van der Waals surface area contributed by atoms with Crippen LogP contribution in [0, 0.1) is 13.8 Å². The van der Waals surface area contributed by atoms with Crippen molar-refractivity contribution >= 4 is 5.78 Å². The summed E-state index contributed by atoms with van der Waals surface area (Å²) in [6.07, 6.45) is 0. The van der Waals surface area contributed by atoms with E-state index in [1.807, 2.05) is 47.0 Å². The summed E-state index contributed by atoms with van der Waals surface area (Å²) in [5, 5.41) is 3.26. The molecule has 1 unspecified atom stereocenters. The Labute approximate surface area is 110 Å². The van der Waals surface area contributed by atoms with E-state index < -0.39 is 0 Å². The van der Waals surface area contributed by atoms with Crippen LogP contribution in [-0.4, -0.2) is 43.9 Å². The molecule has 100 valence electrons. The number of carbonyl (C=O) groups is 1. The predicted octanol–water partition coefficient (Wildman–Crippen LogP) is 2.03. The first kappa shape index (κ1) is 14.9. The van der Waals surface area contributed by atoms with Gasteiger partial charge in [0.2, 0.25) is 0 Å². The smallest absolute Gasteiger partial charge is 0.179 e. The Morgan fingerprint density at radius 1 is 1.33 bits per heavy atom. The van der Waals surface area contributed by atoms with Crippen LogP contribution >= 0.6 is 0 Å². The maximum absolute atomic E-state index is 12.3. The number of nitrogens with zero attached hydrogens (tertiary/aromatic N) is 1. The van der Waals surface area contributed by atoms with Gasteiger partial charge in [-0.2, -0.15) is 0 Å². The van der Waals surface area contributed by atoms with Gasteiger partial charge in [-0.05, 0) is 40.4 Å². The first-order chi connectivity index (χ1) is 8.41.